The number of nitrogens with one attached hydrogen (secondary N) is 1. The summed E-state index contributed by atoms with van der Waals surface area (Å²) in [5, 5.41) is 7.89. The maximum atomic E-state index is 14.6. The molecule has 1 fully saturated rings. The molecule has 164 valence electrons. The Morgan fingerprint density at radius 3 is 2.45 bits per heavy atom. The van der Waals surface area contributed by atoms with Gasteiger partial charge in [-0.05, 0) is 18.8 Å². The van der Waals surface area contributed by atoms with Crippen LogP contribution in [0, 0.1) is 11.2 Å². The molecule has 0 radical (unpaired) electrons. The van der Waals surface area contributed by atoms with Gasteiger partial charge in [-0.15, -0.1) is 0 Å². The highest BCUT2D eigenvalue weighted by atomic mass is 19.3. The summed E-state index contributed by atoms with van der Waals surface area (Å²) in [6, 6.07) is 4.43. The van der Waals surface area contributed by atoms with Crippen molar-refractivity contribution < 1.29 is 13.2 Å². The van der Waals surface area contributed by atoms with E-state index in [1.807, 2.05) is 0 Å². The van der Waals surface area contributed by atoms with Crippen molar-refractivity contribution in [3.63, 3.8) is 0 Å². The number of hydrogen-bond donors (Lipinski definition) is 1. The van der Waals surface area contributed by atoms with E-state index in [0.717, 1.165) is 17.2 Å². The number of fused-ring (bicyclic) bond motifs is 1. The Hall–Kier alpha value is -3.10. The predicted molar refractivity (Wildman–Crippen MR) is 112 cm³/mol. The Morgan fingerprint density at radius 2 is 1.84 bits per heavy atom. The average Bonchev–Trinajstić information content (AvgIpc) is 3.33. The summed E-state index contributed by atoms with van der Waals surface area (Å²) in [6.45, 7) is 5.72. The first-order chi connectivity index (χ1) is 14.5. The molecule has 1 N–H and O–H groups in total. The van der Waals surface area contributed by atoms with Crippen molar-refractivity contribution in [2.45, 2.75) is 45.7 Å². The van der Waals surface area contributed by atoms with E-state index in [4.69, 9.17) is 0 Å². The first kappa shape index (κ1) is 21.1. The minimum Gasteiger partial charge on any atom is -0.361 e. The van der Waals surface area contributed by atoms with Crippen LogP contribution in [0.5, 0.6) is 0 Å². The molecule has 9 heteroatoms. The molecule has 0 aliphatic heterocycles. The number of pyridine rings is 1. The second-order valence-corrected chi connectivity index (χ2v) is 8.75. The molecule has 3 aromatic rings. The van der Waals surface area contributed by atoms with Gasteiger partial charge < -0.3 is 9.88 Å². The topological polar surface area (TPSA) is 68.9 Å². The van der Waals surface area contributed by atoms with Gasteiger partial charge in [-0.1, -0.05) is 32.0 Å². The Morgan fingerprint density at radius 1 is 1.19 bits per heavy atom. The lowest BCUT2D eigenvalue weighted by Gasteiger charge is -2.19. The zero-order chi connectivity index (χ0) is 22.7. The molecule has 1 aliphatic rings. The van der Waals surface area contributed by atoms with E-state index in [2.05, 4.69) is 24.3 Å². The van der Waals surface area contributed by atoms with E-state index < -0.39 is 29.4 Å². The fourth-order valence-corrected chi connectivity index (χ4v) is 3.96. The second kappa shape index (κ2) is 7.25. The van der Waals surface area contributed by atoms with Gasteiger partial charge in [0, 0.05) is 36.3 Å². The molecule has 2 heterocycles. The van der Waals surface area contributed by atoms with Crippen molar-refractivity contribution >= 4 is 16.6 Å². The summed E-state index contributed by atoms with van der Waals surface area (Å²) in [5.74, 6) is -0.720. The largest absolute Gasteiger partial charge is 0.361 e. The molecule has 0 spiro atoms. The third-order valence-electron chi connectivity index (χ3n) is 6.02. The zero-order valence-electron chi connectivity index (χ0n) is 17.6. The summed E-state index contributed by atoms with van der Waals surface area (Å²) in [4.78, 5) is 25.2. The van der Waals surface area contributed by atoms with Crippen molar-refractivity contribution in [1.29, 1.82) is 0 Å². The van der Waals surface area contributed by atoms with Crippen LogP contribution in [0.15, 0.2) is 40.1 Å². The van der Waals surface area contributed by atoms with E-state index in [-0.39, 0.29) is 33.8 Å². The number of rotatable bonds is 5. The first-order valence-corrected chi connectivity index (χ1v) is 9.97. The van der Waals surface area contributed by atoms with Gasteiger partial charge in [0.05, 0.1) is 17.0 Å². The minimum atomic E-state index is -2.93. The van der Waals surface area contributed by atoms with Crippen LogP contribution in [0.3, 0.4) is 0 Å². The Kier molecular flexibility index (Phi) is 4.94. The van der Waals surface area contributed by atoms with Gasteiger partial charge in [-0.2, -0.15) is 5.10 Å². The number of nitrogens with zero attached hydrogens (tertiary/aromatic N) is 3. The monoisotopic (exact) mass is 432 g/mol. The number of alkyl halides is 2. The molecule has 0 saturated heterocycles. The van der Waals surface area contributed by atoms with Crippen LogP contribution >= 0.6 is 0 Å². The Labute approximate surface area is 176 Å². The molecule has 31 heavy (non-hydrogen) atoms. The zero-order valence-corrected chi connectivity index (χ0v) is 17.6. The highest BCUT2D eigenvalue weighted by molar-refractivity contribution is 5.90. The highest BCUT2D eigenvalue weighted by Gasteiger charge is 2.47. The van der Waals surface area contributed by atoms with Crippen LogP contribution in [0.4, 0.5) is 19.0 Å². The van der Waals surface area contributed by atoms with Crippen LogP contribution in [-0.2, 0) is 7.05 Å². The Balaban J connectivity index is 1.82. The molecule has 4 rings (SSSR count). The van der Waals surface area contributed by atoms with Gasteiger partial charge in [-0.25, -0.2) is 17.9 Å². The second-order valence-electron chi connectivity index (χ2n) is 8.75. The van der Waals surface area contributed by atoms with Crippen molar-refractivity contribution in [3.8, 4) is 0 Å². The lowest BCUT2D eigenvalue weighted by Crippen LogP contribution is -2.26. The smallest absolute Gasteiger partial charge is 0.274 e. The molecular formula is C22H23F3N4O2. The van der Waals surface area contributed by atoms with Gasteiger partial charge in [0.1, 0.15) is 5.82 Å². The number of halogens is 3. The van der Waals surface area contributed by atoms with Gasteiger partial charge >= 0.3 is 0 Å². The maximum Gasteiger partial charge on any atom is 0.274 e. The third kappa shape index (κ3) is 3.62. The van der Waals surface area contributed by atoms with Gasteiger partial charge in [0.2, 0.25) is 0 Å². The molecule has 1 aromatic carbocycles. The molecule has 0 amide bonds. The fraction of sp³-hybridized carbons (Fsp3) is 0.409. The lowest BCUT2D eigenvalue weighted by atomic mass is 10.0. The van der Waals surface area contributed by atoms with Crippen LogP contribution in [0.1, 0.15) is 56.8 Å². The average molecular weight is 432 g/mol. The van der Waals surface area contributed by atoms with Gasteiger partial charge in [0.25, 0.3) is 17.5 Å². The standard InChI is InChI=1S/C22H23F3N4O2/c1-11(12-6-5-7-13(18(12)23)19(24)25)26-20-15-10-29(16-9-22(16,2)3)17(30)8-14(15)21(31)28(4)27-20/h5-8,10-11,16,19H,9H2,1-4H3,(H,26,27)/t11?,16-/m1/s1. The summed E-state index contributed by atoms with van der Waals surface area (Å²) in [6.07, 6.45) is -0.492. The summed E-state index contributed by atoms with van der Waals surface area (Å²) < 4.78 is 43.5. The molecule has 6 nitrogen and oxygen atoms in total. The van der Waals surface area contributed by atoms with Crippen LogP contribution < -0.4 is 16.4 Å². The number of aromatic nitrogens is 3. The van der Waals surface area contributed by atoms with Gasteiger partial charge in [0.15, 0.2) is 5.82 Å². The maximum absolute atomic E-state index is 14.6. The summed E-state index contributed by atoms with van der Waals surface area (Å²) in [7, 11) is 1.45. The predicted octanol–water partition coefficient (Wildman–Crippen LogP) is 4.32. The van der Waals surface area contributed by atoms with E-state index in [1.54, 1.807) is 17.7 Å². The molecule has 1 saturated carbocycles. The van der Waals surface area contributed by atoms with E-state index in [9.17, 15) is 22.8 Å². The van der Waals surface area contributed by atoms with Gasteiger partial charge in [-0.3, -0.25) is 9.59 Å². The third-order valence-corrected chi connectivity index (χ3v) is 6.02. The van der Waals surface area contributed by atoms with Crippen LogP contribution in [-0.4, -0.2) is 14.3 Å². The molecule has 1 aliphatic carbocycles. The minimum absolute atomic E-state index is 0.0129. The molecule has 2 aromatic heterocycles. The highest BCUT2D eigenvalue weighted by Crippen LogP contribution is 2.54. The van der Waals surface area contributed by atoms with Crippen LogP contribution in [0.2, 0.25) is 0 Å². The van der Waals surface area contributed by atoms with E-state index >= 15 is 0 Å². The quantitative estimate of drug-likeness (QED) is 0.652. The van der Waals surface area contributed by atoms with E-state index in [1.165, 1.54) is 25.2 Å². The first-order valence-electron chi connectivity index (χ1n) is 9.97. The summed E-state index contributed by atoms with van der Waals surface area (Å²) >= 11 is 0. The number of hydrogen-bond acceptors (Lipinski definition) is 4. The van der Waals surface area contributed by atoms with Crippen molar-refractivity contribution in [3.05, 3.63) is 68.1 Å². The molecule has 2 atom stereocenters. The molecule has 1 unspecified atom stereocenters. The Bertz CT molecular complexity index is 1300. The van der Waals surface area contributed by atoms with E-state index in [0.29, 0.717) is 5.39 Å². The van der Waals surface area contributed by atoms with Crippen molar-refractivity contribution in [1.82, 2.24) is 14.3 Å². The number of benzene rings is 1. The molecular weight excluding hydrogens is 409 g/mol. The van der Waals surface area contributed by atoms with Crippen molar-refractivity contribution in [2.75, 3.05) is 5.32 Å². The normalized spacial score (nSPS) is 18.4. The fourth-order valence-electron chi connectivity index (χ4n) is 3.96. The number of aryl methyl sites for hydroxylation is 1. The van der Waals surface area contributed by atoms with Crippen LogP contribution in [0.25, 0.3) is 10.8 Å². The number of anilines is 1. The SMILES string of the molecule is CC(Nc1nn(C)c(=O)c2cc(=O)n([C@@H]3CC3(C)C)cc12)c1cccc(C(F)F)c1F. The summed E-state index contributed by atoms with van der Waals surface area (Å²) in [5.41, 5.74) is -1.35. The lowest BCUT2D eigenvalue weighted by molar-refractivity contribution is 0.146. The molecule has 0 bridgehead atoms. The van der Waals surface area contributed by atoms with Crippen molar-refractivity contribution in [2.24, 2.45) is 12.5 Å².